The van der Waals surface area contributed by atoms with Crippen LogP contribution in [0.3, 0.4) is 0 Å². The summed E-state index contributed by atoms with van der Waals surface area (Å²) < 4.78 is 4.63. The number of rotatable bonds is 4. The zero-order valence-corrected chi connectivity index (χ0v) is 13.6. The first-order valence-electron chi connectivity index (χ1n) is 7.37. The molecule has 4 heteroatoms. The third-order valence-corrected chi connectivity index (χ3v) is 3.52. The van der Waals surface area contributed by atoms with Crippen LogP contribution in [0.15, 0.2) is 60.7 Å². The first-order chi connectivity index (χ1) is 11.0. The van der Waals surface area contributed by atoms with Crippen molar-refractivity contribution in [3.63, 3.8) is 0 Å². The quantitative estimate of drug-likeness (QED) is 0.871. The van der Waals surface area contributed by atoms with Gasteiger partial charge < -0.3 is 9.84 Å². The topological polar surface area (TPSA) is 63.6 Å². The fourth-order valence-electron chi connectivity index (χ4n) is 1.94. The van der Waals surface area contributed by atoms with Crippen molar-refractivity contribution in [3.8, 4) is 0 Å². The summed E-state index contributed by atoms with van der Waals surface area (Å²) in [6.45, 7) is 3.51. The number of carboxylic acid groups (broad SMARTS) is 1. The zero-order chi connectivity index (χ0) is 17.2. The van der Waals surface area contributed by atoms with E-state index in [0.29, 0.717) is 0 Å². The number of hydrogen-bond donors (Lipinski definition) is 1. The smallest absolute Gasteiger partial charge is 0.312 e. The van der Waals surface area contributed by atoms with Crippen molar-refractivity contribution in [1.82, 2.24) is 0 Å². The molecule has 23 heavy (non-hydrogen) atoms. The Morgan fingerprint density at radius 1 is 0.826 bits per heavy atom. The highest BCUT2D eigenvalue weighted by atomic mass is 16.5. The molecule has 4 nitrogen and oxygen atoms in total. The maximum absolute atomic E-state index is 11.1. The van der Waals surface area contributed by atoms with Gasteiger partial charge in [-0.3, -0.25) is 9.59 Å². The first-order valence-corrected chi connectivity index (χ1v) is 7.37. The van der Waals surface area contributed by atoms with Crippen molar-refractivity contribution in [3.05, 3.63) is 71.8 Å². The lowest BCUT2D eigenvalue weighted by Gasteiger charge is -2.08. The Bertz CT molecular complexity index is 608. The lowest BCUT2D eigenvalue weighted by atomic mass is 10.0. The molecule has 122 valence electrons. The second kappa shape index (κ2) is 9.41. The van der Waals surface area contributed by atoms with Gasteiger partial charge in [-0.2, -0.15) is 0 Å². The summed E-state index contributed by atoms with van der Waals surface area (Å²) >= 11 is 0. The highest BCUT2D eigenvalue weighted by molar-refractivity contribution is 5.77. The van der Waals surface area contributed by atoms with Crippen molar-refractivity contribution >= 4 is 11.9 Å². The minimum Gasteiger partial charge on any atom is -0.481 e. The number of aliphatic carboxylic acids is 1. The minimum atomic E-state index is -0.781. The molecule has 1 N–H and O–H groups in total. The van der Waals surface area contributed by atoms with Gasteiger partial charge in [0.2, 0.25) is 0 Å². The molecule has 0 fully saturated rings. The summed E-state index contributed by atoms with van der Waals surface area (Å²) in [4.78, 5) is 21.6. The molecule has 0 heterocycles. The fourth-order valence-corrected chi connectivity index (χ4v) is 1.94. The standard InChI is InChI=1S/C10H12O2.C9H10O2/c1-8(10(11)12-2)9-6-4-3-5-7-9;1-7(9(10)11)8-5-3-2-4-6-8/h3-8H,1-2H3;2-7H,1H3,(H,10,11). The lowest BCUT2D eigenvalue weighted by molar-refractivity contribution is -0.142. The predicted octanol–water partition coefficient (Wildman–Crippen LogP) is 3.84. The molecule has 0 aliphatic carbocycles. The summed E-state index contributed by atoms with van der Waals surface area (Å²) in [5.74, 6) is -1.55. The van der Waals surface area contributed by atoms with Gasteiger partial charge >= 0.3 is 11.9 Å². The first kappa shape index (κ1) is 18.4. The number of carbonyl (C=O) groups excluding carboxylic acids is 1. The average molecular weight is 314 g/mol. The number of carbonyl (C=O) groups is 2. The van der Waals surface area contributed by atoms with Crippen molar-refractivity contribution in [2.45, 2.75) is 25.7 Å². The summed E-state index contributed by atoms with van der Waals surface area (Å²) in [7, 11) is 1.40. The van der Waals surface area contributed by atoms with E-state index in [1.54, 1.807) is 6.92 Å². The molecular weight excluding hydrogens is 292 g/mol. The van der Waals surface area contributed by atoms with Gasteiger partial charge in [-0.25, -0.2) is 0 Å². The number of carboxylic acids is 1. The molecule has 0 aromatic heterocycles. The van der Waals surface area contributed by atoms with Gasteiger partial charge in [-0.1, -0.05) is 60.7 Å². The number of ether oxygens (including phenoxy) is 1. The number of hydrogen-bond acceptors (Lipinski definition) is 3. The molecule has 0 aliphatic heterocycles. The van der Waals surface area contributed by atoms with Crippen LogP contribution in [-0.4, -0.2) is 24.2 Å². The third kappa shape index (κ3) is 5.94. The highest BCUT2D eigenvalue weighted by Crippen LogP contribution is 2.15. The van der Waals surface area contributed by atoms with Gasteiger partial charge in [0, 0.05) is 0 Å². The molecule has 0 amide bonds. The van der Waals surface area contributed by atoms with E-state index < -0.39 is 11.9 Å². The summed E-state index contributed by atoms with van der Waals surface area (Å²) in [5.41, 5.74) is 1.84. The van der Waals surface area contributed by atoms with E-state index in [2.05, 4.69) is 4.74 Å². The number of esters is 1. The van der Waals surface area contributed by atoms with E-state index in [1.165, 1.54) is 7.11 Å². The van der Waals surface area contributed by atoms with E-state index >= 15 is 0 Å². The van der Waals surface area contributed by atoms with Crippen LogP contribution in [0.5, 0.6) is 0 Å². The third-order valence-electron chi connectivity index (χ3n) is 3.52. The SMILES string of the molecule is CC(C(=O)O)c1ccccc1.COC(=O)C(C)c1ccccc1. The molecular formula is C19H22O4. The average Bonchev–Trinajstić information content (AvgIpc) is 2.61. The Balaban J connectivity index is 0.000000231. The summed E-state index contributed by atoms with van der Waals surface area (Å²) in [6, 6.07) is 18.8. The summed E-state index contributed by atoms with van der Waals surface area (Å²) in [5, 5.41) is 8.64. The van der Waals surface area contributed by atoms with Crippen molar-refractivity contribution < 1.29 is 19.4 Å². The zero-order valence-electron chi connectivity index (χ0n) is 13.6. The molecule has 2 atom stereocenters. The molecule has 0 radical (unpaired) electrons. The van der Waals surface area contributed by atoms with Gasteiger partial charge in [0.1, 0.15) is 0 Å². The Morgan fingerprint density at radius 3 is 1.57 bits per heavy atom. The van der Waals surface area contributed by atoms with Crippen LogP contribution in [-0.2, 0) is 14.3 Å². The van der Waals surface area contributed by atoms with Crippen molar-refractivity contribution in [2.24, 2.45) is 0 Å². The largest absolute Gasteiger partial charge is 0.481 e. The second-order valence-electron chi connectivity index (χ2n) is 5.13. The van der Waals surface area contributed by atoms with Crippen molar-refractivity contribution in [2.75, 3.05) is 7.11 Å². The van der Waals surface area contributed by atoms with Gasteiger partial charge in [0.05, 0.1) is 18.9 Å². The lowest BCUT2D eigenvalue weighted by Crippen LogP contribution is -2.10. The molecule has 2 aromatic rings. The molecule has 2 unspecified atom stereocenters. The molecule has 0 bridgehead atoms. The Morgan fingerprint density at radius 2 is 1.22 bits per heavy atom. The maximum atomic E-state index is 11.1. The van der Waals surface area contributed by atoms with Crippen molar-refractivity contribution in [1.29, 1.82) is 0 Å². The van der Waals surface area contributed by atoms with Crippen LogP contribution in [0.25, 0.3) is 0 Å². The molecule has 0 aliphatic rings. The minimum absolute atomic E-state index is 0.170. The van der Waals surface area contributed by atoms with Crippen LogP contribution >= 0.6 is 0 Å². The van der Waals surface area contributed by atoms with Gasteiger partial charge in [-0.05, 0) is 25.0 Å². The van der Waals surface area contributed by atoms with Gasteiger partial charge in [-0.15, -0.1) is 0 Å². The van der Waals surface area contributed by atoms with E-state index in [9.17, 15) is 9.59 Å². The Hall–Kier alpha value is -2.62. The highest BCUT2D eigenvalue weighted by Gasteiger charge is 2.14. The molecule has 0 saturated carbocycles. The Kier molecular flexibility index (Phi) is 7.54. The van der Waals surface area contributed by atoms with Gasteiger partial charge in [0.25, 0.3) is 0 Å². The van der Waals surface area contributed by atoms with Crippen LogP contribution in [0.1, 0.15) is 36.8 Å². The van der Waals surface area contributed by atoms with E-state index in [4.69, 9.17) is 5.11 Å². The van der Waals surface area contributed by atoms with Crippen LogP contribution in [0.4, 0.5) is 0 Å². The molecule has 0 saturated heterocycles. The monoisotopic (exact) mass is 314 g/mol. The predicted molar refractivity (Wildman–Crippen MR) is 89.4 cm³/mol. The second-order valence-corrected chi connectivity index (χ2v) is 5.13. The molecule has 0 spiro atoms. The van der Waals surface area contributed by atoms with Gasteiger partial charge in [0.15, 0.2) is 0 Å². The van der Waals surface area contributed by atoms with E-state index in [0.717, 1.165) is 11.1 Å². The Labute approximate surface area is 136 Å². The maximum Gasteiger partial charge on any atom is 0.312 e. The van der Waals surface area contributed by atoms with Crippen LogP contribution in [0, 0.1) is 0 Å². The molecule has 2 aromatic carbocycles. The summed E-state index contributed by atoms with van der Waals surface area (Å²) in [6.07, 6.45) is 0. The number of methoxy groups -OCH3 is 1. The number of benzene rings is 2. The normalized spacial score (nSPS) is 12.3. The van der Waals surface area contributed by atoms with Crippen LogP contribution < -0.4 is 0 Å². The van der Waals surface area contributed by atoms with E-state index in [1.807, 2.05) is 67.6 Å². The molecule has 2 rings (SSSR count). The van der Waals surface area contributed by atoms with Crippen LogP contribution in [0.2, 0.25) is 0 Å². The fraction of sp³-hybridized carbons (Fsp3) is 0.263. The van der Waals surface area contributed by atoms with E-state index in [-0.39, 0.29) is 11.9 Å².